The zero-order valence-corrected chi connectivity index (χ0v) is 17.2. The van der Waals surface area contributed by atoms with Crippen LogP contribution in [0.1, 0.15) is 11.4 Å². The van der Waals surface area contributed by atoms with Crippen LogP contribution in [0, 0.1) is 13.8 Å². The van der Waals surface area contributed by atoms with E-state index in [0.29, 0.717) is 38.8 Å². The van der Waals surface area contributed by atoms with Gasteiger partial charge in [0.05, 0.1) is 16.6 Å². The third-order valence-corrected chi connectivity index (χ3v) is 5.01. The molecule has 0 atom stereocenters. The van der Waals surface area contributed by atoms with Crippen LogP contribution < -0.4 is 16.2 Å². The summed E-state index contributed by atoms with van der Waals surface area (Å²) < 4.78 is 1.56. The van der Waals surface area contributed by atoms with E-state index in [1.807, 2.05) is 31.2 Å². The molecular formula is C23H19ClN4O2. The molecule has 150 valence electrons. The zero-order chi connectivity index (χ0) is 21.3. The van der Waals surface area contributed by atoms with Crippen LogP contribution in [0.5, 0.6) is 0 Å². The summed E-state index contributed by atoms with van der Waals surface area (Å²) in [5.74, 6) is 0.591. The van der Waals surface area contributed by atoms with E-state index in [0.717, 1.165) is 5.56 Å². The van der Waals surface area contributed by atoms with Crippen molar-refractivity contribution in [2.45, 2.75) is 13.8 Å². The number of fused-ring (bicyclic) bond motifs is 1. The number of aromatic nitrogens is 2. The number of anilines is 2. The monoisotopic (exact) mass is 418 g/mol. The van der Waals surface area contributed by atoms with Crippen LogP contribution in [0.15, 0.2) is 71.5 Å². The van der Waals surface area contributed by atoms with E-state index in [4.69, 9.17) is 11.6 Å². The number of benzene rings is 3. The number of carbonyl (C=O) groups excluding carboxylic acids is 1. The number of amides is 2. The van der Waals surface area contributed by atoms with Gasteiger partial charge in [-0.3, -0.25) is 9.36 Å². The Kier molecular flexibility index (Phi) is 5.25. The fourth-order valence-electron chi connectivity index (χ4n) is 3.26. The van der Waals surface area contributed by atoms with Gasteiger partial charge in [0, 0.05) is 16.4 Å². The molecule has 0 spiro atoms. The fourth-order valence-corrected chi connectivity index (χ4v) is 3.43. The van der Waals surface area contributed by atoms with E-state index in [9.17, 15) is 9.59 Å². The van der Waals surface area contributed by atoms with Crippen LogP contribution in [-0.2, 0) is 0 Å². The molecule has 0 unspecified atom stereocenters. The highest BCUT2D eigenvalue weighted by Gasteiger charge is 2.10. The summed E-state index contributed by atoms with van der Waals surface area (Å²) in [6.45, 7) is 3.68. The predicted molar refractivity (Wildman–Crippen MR) is 121 cm³/mol. The number of carbonyl (C=O) groups is 1. The lowest BCUT2D eigenvalue weighted by Crippen LogP contribution is -2.22. The number of hydrogen-bond donors (Lipinski definition) is 2. The van der Waals surface area contributed by atoms with E-state index in [1.54, 1.807) is 54.0 Å². The molecule has 7 heteroatoms. The van der Waals surface area contributed by atoms with E-state index < -0.39 is 0 Å². The van der Waals surface area contributed by atoms with Crippen molar-refractivity contribution in [2.75, 3.05) is 10.6 Å². The van der Waals surface area contributed by atoms with Crippen molar-refractivity contribution >= 4 is 39.9 Å². The molecule has 30 heavy (non-hydrogen) atoms. The smallest absolute Gasteiger partial charge is 0.308 e. The average molecular weight is 419 g/mol. The number of urea groups is 1. The quantitative estimate of drug-likeness (QED) is 0.474. The van der Waals surface area contributed by atoms with E-state index in [1.165, 1.54) is 0 Å². The fraction of sp³-hybridized carbons (Fsp3) is 0.0870. The van der Waals surface area contributed by atoms with Crippen molar-refractivity contribution in [1.29, 1.82) is 0 Å². The maximum absolute atomic E-state index is 12.9. The molecule has 2 N–H and O–H groups in total. The van der Waals surface area contributed by atoms with Crippen LogP contribution in [0.3, 0.4) is 0 Å². The molecule has 0 aliphatic rings. The highest BCUT2D eigenvalue weighted by Crippen LogP contribution is 2.21. The Morgan fingerprint density at radius 1 is 0.967 bits per heavy atom. The van der Waals surface area contributed by atoms with Crippen LogP contribution in [0.4, 0.5) is 16.2 Å². The number of nitrogens with zero attached hydrogens (tertiary/aromatic N) is 2. The lowest BCUT2D eigenvalue weighted by atomic mass is 10.2. The Hall–Kier alpha value is -3.64. The van der Waals surface area contributed by atoms with Gasteiger partial charge in [-0.1, -0.05) is 29.8 Å². The number of halogens is 1. The molecule has 6 nitrogen and oxygen atoms in total. The molecule has 0 aliphatic carbocycles. The first-order valence-corrected chi connectivity index (χ1v) is 9.73. The normalized spacial score (nSPS) is 10.8. The second-order valence-corrected chi connectivity index (χ2v) is 7.34. The second kappa shape index (κ2) is 8.00. The SMILES string of the molecule is Cc1ccc(Cl)cc1NC(=O)Nc1ccc(-n2c(C)nc3ccccc3c2=O)cc1. The van der Waals surface area contributed by atoms with Gasteiger partial charge in [0.15, 0.2) is 0 Å². The Bertz CT molecular complexity index is 1310. The molecule has 4 rings (SSSR count). The summed E-state index contributed by atoms with van der Waals surface area (Å²) in [5, 5.41) is 6.67. The molecule has 2 amide bonds. The number of rotatable bonds is 3. The number of para-hydroxylation sites is 1. The van der Waals surface area contributed by atoms with Crippen molar-refractivity contribution in [2.24, 2.45) is 0 Å². The van der Waals surface area contributed by atoms with Gasteiger partial charge >= 0.3 is 6.03 Å². The van der Waals surface area contributed by atoms with Gasteiger partial charge in [0.2, 0.25) is 0 Å². The molecule has 3 aromatic carbocycles. The van der Waals surface area contributed by atoms with Crippen molar-refractivity contribution in [3.05, 3.63) is 93.5 Å². The standard InChI is InChI=1S/C23H19ClN4O2/c1-14-7-8-16(24)13-21(14)27-23(30)26-17-9-11-18(12-10-17)28-15(2)25-20-6-4-3-5-19(20)22(28)29/h3-13H,1-2H3,(H2,26,27,30). The summed E-state index contributed by atoms with van der Waals surface area (Å²) in [6.07, 6.45) is 0. The van der Waals surface area contributed by atoms with Crippen LogP contribution in [0.2, 0.25) is 5.02 Å². The van der Waals surface area contributed by atoms with Crippen molar-refractivity contribution in [3.63, 3.8) is 0 Å². The van der Waals surface area contributed by atoms with Crippen LogP contribution in [0.25, 0.3) is 16.6 Å². The van der Waals surface area contributed by atoms with Gasteiger partial charge in [-0.05, 0) is 67.9 Å². The molecule has 4 aromatic rings. The van der Waals surface area contributed by atoms with Gasteiger partial charge < -0.3 is 10.6 Å². The van der Waals surface area contributed by atoms with Crippen molar-refractivity contribution in [3.8, 4) is 5.69 Å². The molecular weight excluding hydrogens is 400 g/mol. The average Bonchev–Trinajstić information content (AvgIpc) is 2.72. The van der Waals surface area contributed by atoms with Crippen molar-refractivity contribution < 1.29 is 4.79 Å². The van der Waals surface area contributed by atoms with Gasteiger partial charge in [-0.15, -0.1) is 0 Å². The molecule has 0 saturated carbocycles. The third-order valence-electron chi connectivity index (χ3n) is 4.77. The first kappa shape index (κ1) is 19.7. The largest absolute Gasteiger partial charge is 0.323 e. The summed E-state index contributed by atoms with van der Waals surface area (Å²) in [7, 11) is 0. The van der Waals surface area contributed by atoms with Gasteiger partial charge in [0.1, 0.15) is 5.82 Å². The summed E-state index contributed by atoms with van der Waals surface area (Å²) >= 11 is 5.99. The van der Waals surface area contributed by atoms with Crippen molar-refractivity contribution in [1.82, 2.24) is 9.55 Å². The lowest BCUT2D eigenvalue weighted by Gasteiger charge is -2.13. The minimum atomic E-state index is -0.381. The molecule has 0 radical (unpaired) electrons. The summed E-state index contributed by atoms with van der Waals surface area (Å²) in [5.41, 5.74) is 3.35. The van der Waals surface area contributed by atoms with Crippen LogP contribution in [-0.4, -0.2) is 15.6 Å². The minimum absolute atomic E-state index is 0.131. The summed E-state index contributed by atoms with van der Waals surface area (Å²) in [4.78, 5) is 29.8. The highest BCUT2D eigenvalue weighted by molar-refractivity contribution is 6.31. The lowest BCUT2D eigenvalue weighted by molar-refractivity contribution is 0.262. The molecule has 0 saturated heterocycles. The first-order valence-electron chi connectivity index (χ1n) is 9.35. The summed E-state index contributed by atoms with van der Waals surface area (Å²) in [6, 6.07) is 19.2. The Morgan fingerprint density at radius 2 is 1.70 bits per heavy atom. The minimum Gasteiger partial charge on any atom is -0.308 e. The number of nitrogens with one attached hydrogen (secondary N) is 2. The Balaban J connectivity index is 1.56. The number of hydrogen-bond acceptors (Lipinski definition) is 3. The zero-order valence-electron chi connectivity index (χ0n) is 16.4. The molecule has 0 bridgehead atoms. The Labute approximate surface area is 178 Å². The topological polar surface area (TPSA) is 76.0 Å². The van der Waals surface area contributed by atoms with E-state index in [-0.39, 0.29) is 11.6 Å². The molecule has 0 fully saturated rings. The third kappa shape index (κ3) is 3.90. The molecule has 0 aliphatic heterocycles. The Morgan fingerprint density at radius 3 is 2.47 bits per heavy atom. The maximum Gasteiger partial charge on any atom is 0.323 e. The highest BCUT2D eigenvalue weighted by atomic mass is 35.5. The van der Waals surface area contributed by atoms with Crippen LogP contribution >= 0.6 is 11.6 Å². The number of aryl methyl sites for hydroxylation is 2. The van der Waals surface area contributed by atoms with Gasteiger partial charge in [-0.2, -0.15) is 0 Å². The molecule has 1 aromatic heterocycles. The maximum atomic E-state index is 12.9. The van der Waals surface area contributed by atoms with Gasteiger partial charge in [-0.25, -0.2) is 9.78 Å². The van der Waals surface area contributed by atoms with Gasteiger partial charge in [0.25, 0.3) is 5.56 Å². The molecule has 1 heterocycles. The van der Waals surface area contributed by atoms with E-state index >= 15 is 0 Å². The second-order valence-electron chi connectivity index (χ2n) is 6.90. The first-order chi connectivity index (χ1) is 14.4. The van der Waals surface area contributed by atoms with E-state index in [2.05, 4.69) is 15.6 Å². The predicted octanol–water partition coefficient (Wildman–Crippen LogP) is 5.30.